The summed E-state index contributed by atoms with van der Waals surface area (Å²) in [5, 5.41) is 0. The summed E-state index contributed by atoms with van der Waals surface area (Å²) < 4.78 is 17.1. The fourth-order valence-electron chi connectivity index (χ4n) is 2.66. The van der Waals surface area contributed by atoms with E-state index in [2.05, 4.69) is 41.2 Å². The van der Waals surface area contributed by atoms with Crippen molar-refractivity contribution >= 4 is 6.09 Å². The molecule has 0 N–H and O–H groups in total. The SMILES string of the molecule is C=CCC.CC(C)C.CC1CN(C(=O)OC(C)(C)C)C2COC(C)(C)OC12. The summed E-state index contributed by atoms with van der Waals surface area (Å²) in [4.78, 5) is 14.0. The van der Waals surface area contributed by atoms with Gasteiger partial charge in [0.2, 0.25) is 0 Å². The van der Waals surface area contributed by atoms with Crippen LogP contribution >= 0.6 is 0 Å². The average molecular weight is 386 g/mol. The van der Waals surface area contributed by atoms with Gasteiger partial charge in [0.05, 0.1) is 18.8 Å². The second-order valence-electron chi connectivity index (χ2n) is 9.40. The third kappa shape index (κ3) is 10.2. The van der Waals surface area contributed by atoms with E-state index in [9.17, 15) is 4.79 Å². The Balaban J connectivity index is 0.000000718. The van der Waals surface area contributed by atoms with Crippen LogP contribution in [0.4, 0.5) is 4.79 Å². The summed E-state index contributed by atoms with van der Waals surface area (Å²) in [5.41, 5.74) is -0.478. The Hall–Kier alpha value is -1.07. The molecule has 27 heavy (non-hydrogen) atoms. The van der Waals surface area contributed by atoms with Crippen molar-refractivity contribution in [3.05, 3.63) is 12.7 Å². The number of nitrogens with zero attached hydrogens (tertiary/aromatic N) is 1. The number of carbonyl (C=O) groups is 1. The van der Waals surface area contributed by atoms with Crippen molar-refractivity contribution in [2.45, 2.75) is 99.2 Å². The highest BCUT2D eigenvalue weighted by atomic mass is 16.7. The summed E-state index contributed by atoms with van der Waals surface area (Å²) >= 11 is 0. The van der Waals surface area contributed by atoms with Gasteiger partial charge in [0.25, 0.3) is 0 Å². The maximum atomic E-state index is 12.2. The number of amides is 1. The number of fused-ring (bicyclic) bond motifs is 1. The maximum absolute atomic E-state index is 12.2. The highest BCUT2D eigenvalue weighted by Gasteiger charge is 2.49. The maximum Gasteiger partial charge on any atom is 0.410 e. The Morgan fingerprint density at radius 3 is 2.22 bits per heavy atom. The first-order valence-corrected chi connectivity index (χ1v) is 10.2. The Labute approximate surface area is 167 Å². The first-order valence-electron chi connectivity index (χ1n) is 10.2. The molecule has 3 unspecified atom stereocenters. The van der Waals surface area contributed by atoms with E-state index in [1.807, 2.05) is 40.7 Å². The van der Waals surface area contributed by atoms with Gasteiger partial charge in [0.1, 0.15) is 5.60 Å². The van der Waals surface area contributed by atoms with E-state index < -0.39 is 11.4 Å². The lowest BCUT2D eigenvalue weighted by Crippen LogP contribution is -2.53. The van der Waals surface area contributed by atoms with Crippen LogP contribution in [0.2, 0.25) is 0 Å². The van der Waals surface area contributed by atoms with Crippen LogP contribution in [-0.2, 0) is 14.2 Å². The molecule has 0 spiro atoms. The Kier molecular flexibility index (Phi) is 10.6. The molecule has 0 radical (unpaired) electrons. The van der Waals surface area contributed by atoms with Gasteiger partial charge in [-0.1, -0.05) is 40.7 Å². The predicted octanol–water partition coefficient (Wildman–Crippen LogP) is 5.64. The quantitative estimate of drug-likeness (QED) is 0.548. The molecule has 2 rings (SSSR count). The lowest BCUT2D eigenvalue weighted by atomic mass is 10.0. The standard InChI is InChI=1S/C14H25NO4.C4H10.C4H8/c1-9-7-15(12(16)19-13(2,3)4)10-8-17-14(5,6)18-11(9)10;1-4(2)3;1-3-4-2/h9-11H,7-8H2,1-6H3;4H,1-3H3;3H,1,4H2,2H3. The van der Waals surface area contributed by atoms with Crippen LogP contribution in [0.1, 0.15) is 75.7 Å². The van der Waals surface area contributed by atoms with Crippen LogP contribution < -0.4 is 0 Å². The molecule has 0 saturated carbocycles. The molecule has 2 fully saturated rings. The first-order chi connectivity index (χ1) is 12.2. The number of carbonyl (C=O) groups excluding carboxylic acids is 1. The molecule has 2 heterocycles. The highest BCUT2D eigenvalue weighted by Crippen LogP contribution is 2.35. The molecule has 0 aromatic carbocycles. The van der Waals surface area contributed by atoms with Crippen LogP contribution in [-0.4, -0.2) is 47.7 Å². The van der Waals surface area contributed by atoms with E-state index >= 15 is 0 Å². The summed E-state index contributed by atoms with van der Waals surface area (Å²) in [6.45, 7) is 24.7. The number of rotatable bonds is 1. The second-order valence-corrected chi connectivity index (χ2v) is 9.40. The van der Waals surface area contributed by atoms with Crippen LogP contribution in [0.5, 0.6) is 0 Å². The van der Waals surface area contributed by atoms with Crippen LogP contribution in [0.15, 0.2) is 12.7 Å². The predicted molar refractivity (Wildman–Crippen MR) is 112 cm³/mol. The molecule has 1 amide bonds. The van der Waals surface area contributed by atoms with Crippen LogP contribution in [0.3, 0.4) is 0 Å². The van der Waals surface area contributed by atoms with Gasteiger partial charge in [-0.2, -0.15) is 0 Å². The zero-order chi connectivity index (χ0) is 21.4. The first kappa shape index (κ1) is 25.9. The van der Waals surface area contributed by atoms with Crippen molar-refractivity contribution in [2.24, 2.45) is 11.8 Å². The molecule has 2 aliphatic heterocycles. The minimum Gasteiger partial charge on any atom is -0.444 e. The minimum absolute atomic E-state index is 0.0243. The van der Waals surface area contributed by atoms with Gasteiger partial charge in [0.15, 0.2) is 5.79 Å². The summed E-state index contributed by atoms with van der Waals surface area (Å²) in [6.07, 6.45) is 2.70. The normalized spacial score (nSPS) is 26.2. The molecule has 0 aromatic heterocycles. The summed E-state index contributed by atoms with van der Waals surface area (Å²) in [6, 6.07) is -0.0436. The van der Waals surface area contributed by atoms with Crippen molar-refractivity contribution in [3.8, 4) is 0 Å². The van der Waals surface area contributed by atoms with E-state index in [1.165, 1.54) is 0 Å². The molecule has 0 aromatic rings. The van der Waals surface area contributed by atoms with Crippen molar-refractivity contribution in [1.29, 1.82) is 0 Å². The lowest BCUT2D eigenvalue weighted by molar-refractivity contribution is -0.286. The van der Waals surface area contributed by atoms with E-state index in [0.717, 1.165) is 12.3 Å². The summed E-state index contributed by atoms with van der Waals surface area (Å²) in [5.74, 6) is 0.556. The van der Waals surface area contributed by atoms with E-state index in [1.54, 1.807) is 4.90 Å². The van der Waals surface area contributed by atoms with E-state index in [-0.39, 0.29) is 18.2 Å². The molecule has 5 nitrogen and oxygen atoms in total. The molecule has 2 aliphatic rings. The number of hydrogen-bond acceptors (Lipinski definition) is 4. The van der Waals surface area contributed by atoms with Crippen LogP contribution in [0, 0.1) is 11.8 Å². The fraction of sp³-hybridized carbons (Fsp3) is 0.864. The lowest BCUT2D eigenvalue weighted by Gasteiger charge is -2.41. The molecule has 160 valence electrons. The third-order valence-electron chi connectivity index (χ3n) is 3.76. The van der Waals surface area contributed by atoms with Gasteiger partial charge in [-0.05, 0) is 47.0 Å². The Morgan fingerprint density at radius 2 is 1.81 bits per heavy atom. The Morgan fingerprint density at radius 1 is 1.33 bits per heavy atom. The zero-order valence-corrected chi connectivity index (χ0v) is 19.3. The van der Waals surface area contributed by atoms with E-state index in [4.69, 9.17) is 14.2 Å². The molecule has 0 bridgehead atoms. The van der Waals surface area contributed by atoms with Gasteiger partial charge in [0, 0.05) is 12.5 Å². The van der Waals surface area contributed by atoms with Gasteiger partial charge >= 0.3 is 6.09 Å². The number of ether oxygens (including phenoxy) is 3. The zero-order valence-electron chi connectivity index (χ0n) is 19.3. The molecule has 3 atom stereocenters. The van der Waals surface area contributed by atoms with Gasteiger partial charge in [-0.15, -0.1) is 6.58 Å². The third-order valence-corrected chi connectivity index (χ3v) is 3.76. The number of allylic oxidation sites excluding steroid dienone is 1. The number of likely N-dealkylation sites (tertiary alicyclic amines) is 1. The summed E-state index contributed by atoms with van der Waals surface area (Å²) in [7, 11) is 0. The largest absolute Gasteiger partial charge is 0.444 e. The van der Waals surface area contributed by atoms with Gasteiger partial charge < -0.3 is 14.2 Å². The Bertz CT molecular complexity index is 451. The van der Waals surface area contributed by atoms with Crippen molar-refractivity contribution in [2.75, 3.05) is 13.2 Å². The topological polar surface area (TPSA) is 48.0 Å². The van der Waals surface area contributed by atoms with Gasteiger partial charge in [-0.25, -0.2) is 4.79 Å². The molecular formula is C22H43NO4. The molecular weight excluding hydrogens is 342 g/mol. The van der Waals surface area contributed by atoms with Crippen LogP contribution in [0.25, 0.3) is 0 Å². The van der Waals surface area contributed by atoms with Crippen molar-refractivity contribution in [3.63, 3.8) is 0 Å². The number of hydrogen-bond donors (Lipinski definition) is 0. The molecule has 5 heteroatoms. The van der Waals surface area contributed by atoms with Crippen molar-refractivity contribution in [1.82, 2.24) is 4.90 Å². The highest BCUT2D eigenvalue weighted by molar-refractivity contribution is 5.69. The van der Waals surface area contributed by atoms with Crippen molar-refractivity contribution < 1.29 is 19.0 Å². The second kappa shape index (κ2) is 11.1. The van der Waals surface area contributed by atoms with E-state index in [0.29, 0.717) is 19.1 Å². The minimum atomic E-state index is -0.570. The fourth-order valence-corrected chi connectivity index (χ4v) is 2.66. The van der Waals surface area contributed by atoms with Gasteiger partial charge in [-0.3, -0.25) is 4.90 Å². The molecule has 0 aliphatic carbocycles. The molecule has 2 saturated heterocycles. The average Bonchev–Trinajstić information content (AvgIpc) is 2.81. The smallest absolute Gasteiger partial charge is 0.410 e. The monoisotopic (exact) mass is 385 g/mol.